The van der Waals surface area contributed by atoms with Gasteiger partial charge >= 0.3 is 0 Å². The number of fused-ring (bicyclic) bond motifs is 1. The third-order valence-electron chi connectivity index (χ3n) is 5.64. The Labute approximate surface area is 152 Å². The molecule has 1 amide bonds. The molecular weight excluding hydrogens is 326 g/mol. The van der Waals surface area contributed by atoms with Gasteiger partial charge in [-0.2, -0.15) is 5.10 Å². The molecule has 2 fully saturated rings. The fourth-order valence-electron chi connectivity index (χ4n) is 3.98. The zero-order valence-electron chi connectivity index (χ0n) is 14.7. The molecule has 6 heteroatoms. The number of nitrogens with zero attached hydrogens (tertiary/aromatic N) is 3. The number of para-hydroxylation sites is 1. The minimum absolute atomic E-state index is 0.192. The predicted molar refractivity (Wildman–Crippen MR) is 98.9 cm³/mol. The predicted octanol–water partition coefficient (Wildman–Crippen LogP) is 3.11. The lowest BCUT2D eigenvalue weighted by atomic mass is 9.96. The van der Waals surface area contributed by atoms with Crippen LogP contribution in [0.5, 0.6) is 0 Å². The second-order valence-corrected chi connectivity index (χ2v) is 7.57. The maximum Gasteiger partial charge on any atom is 0.227 e. The fraction of sp³-hybridized carbons (Fsp3) is 0.450. The van der Waals surface area contributed by atoms with Gasteiger partial charge in [0.15, 0.2) is 5.82 Å². The number of hydrogen-bond donors (Lipinski definition) is 2. The standard InChI is InChI=1S/C20H23N5O/c26-18(10-15-11-21-17-6-2-1-5-16(15)17)25-9-3-4-14(12-25)20-22-19(23-24-20)13-7-8-13/h1-2,5-6,11,13-14,21H,3-4,7-10,12H2,(H,22,23,24). The number of hydrogen-bond acceptors (Lipinski definition) is 3. The average Bonchev–Trinajstić information content (AvgIpc) is 3.27. The number of aromatic nitrogens is 4. The van der Waals surface area contributed by atoms with Crippen molar-refractivity contribution in [2.24, 2.45) is 0 Å². The van der Waals surface area contributed by atoms with E-state index >= 15 is 0 Å². The van der Waals surface area contributed by atoms with E-state index in [0.717, 1.165) is 54.0 Å². The van der Waals surface area contributed by atoms with Crippen molar-refractivity contribution in [3.63, 3.8) is 0 Å². The first-order valence-corrected chi connectivity index (χ1v) is 9.53. The van der Waals surface area contributed by atoms with Gasteiger partial charge in [-0.15, -0.1) is 0 Å². The number of H-pyrrole nitrogens is 2. The Morgan fingerprint density at radius 3 is 2.96 bits per heavy atom. The molecule has 1 aromatic carbocycles. The normalized spacial score (nSPS) is 20.6. The van der Waals surface area contributed by atoms with Crippen LogP contribution in [-0.2, 0) is 11.2 Å². The molecule has 1 saturated heterocycles. The Balaban J connectivity index is 1.28. The summed E-state index contributed by atoms with van der Waals surface area (Å²) in [4.78, 5) is 22.8. The molecule has 1 aliphatic carbocycles. The third-order valence-corrected chi connectivity index (χ3v) is 5.64. The number of piperidine rings is 1. The Bertz CT molecular complexity index is 938. The van der Waals surface area contributed by atoms with Crippen LogP contribution in [-0.4, -0.2) is 44.1 Å². The van der Waals surface area contributed by atoms with Gasteiger partial charge in [-0.25, -0.2) is 4.98 Å². The molecule has 5 rings (SSSR count). The first-order valence-electron chi connectivity index (χ1n) is 9.53. The lowest BCUT2D eigenvalue weighted by Crippen LogP contribution is -2.40. The molecule has 1 atom stereocenters. The highest BCUT2D eigenvalue weighted by molar-refractivity contribution is 5.88. The molecule has 26 heavy (non-hydrogen) atoms. The van der Waals surface area contributed by atoms with Crippen LogP contribution < -0.4 is 0 Å². The maximum absolute atomic E-state index is 12.9. The van der Waals surface area contributed by atoms with Crippen molar-refractivity contribution in [1.82, 2.24) is 25.1 Å². The largest absolute Gasteiger partial charge is 0.361 e. The summed E-state index contributed by atoms with van der Waals surface area (Å²) in [6.45, 7) is 1.56. The second-order valence-electron chi connectivity index (χ2n) is 7.57. The maximum atomic E-state index is 12.9. The van der Waals surface area contributed by atoms with Gasteiger partial charge in [0.25, 0.3) is 0 Å². The summed E-state index contributed by atoms with van der Waals surface area (Å²) in [6, 6.07) is 8.13. The van der Waals surface area contributed by atoms with Crippen LogP contribution in [0.2, 0.25) is 0 Å². The number of carbonyl (C=O) groups is 1. The number of nitrogens with one attached hydrogen (secondary N) is 2. The Hall–Kier alpha value is -2.63. The topological polar surface area (TPSA) is 77.7 Å². The van der Waals surface area contributed by atoms with Crippen LogP contribution in [0, 0.1) is 0 Å². The molecule has 0 radical (unpaired) electrons. The van der Waals surface area contributed by atoms with E-state index in [4.69, 9.17) is 4.98 Å². The van der Waals surface area contributed by atoms with Gasteiger partial charge < -0.3 is 9.88 Å². The summed E-state index contributed by atoms with van der Waals surface area (Å²) in [5, 5.41) is 8.67. The van der Waals surface area contributed by atoms with Gasteiger partial charge in [0.05, 0.1) is 6.42 Å². The van der Waals surface area contributed by atoms with E-state index in [9.17, 15) is 4.79 Å². The highest BCUT2D eigenvalue weighted by Gasteiger charge is 2.31. The summed E-state index contributed by atoms with van der Waals surface area (Å²) in [7, 11) is 0. The molecular formula is C20H23N5O. The minimum atomic E-state index is 0.192. The SMILES string of the molecule is O=C(Cc1c[nH]c2ccccc12)N1CCCC(c2n[nH]c(C3CC3)n2)C1. The Morgan fingerprint density at radius 1 is 1.19 bits per heavy atom. The first kappa shape index (κ1) is 15.6. The Kier molecular flexibility index (Phi) is 3.76. The molecule has 2 N–H and O–H groups in total. The van der Waals surface area contributed by atoms with Crippen LogP contribution in [0.4, 0.5) is 0 Å². The molecule has 1 unspecified atom stereocenters. The van der Waals surface area contributed by atoms with Crippen molar-refractivity contribution in [3.05, 3.63) is 47.7 Å². The van der Waals surface area contributed by atoms with Crippen molar-refractivity contribution in [2.75, 3.05) is 13.1 Å². The number of likely N-dealkylation sites (tertiary alicyclic amines) is 1. The zero-order valence-corrected chi connectivity index (χ0v) is 14.7. The number of aromatic amines is 2. The van der Waals surface area contributed by atoms with Crippen molar-refractivity contribution >= 4 is 16.8 Å². The van der Waals surface area contributed by atoms with Crippen molar-refractivity contribution in [1.29, 1.82) is 0 Å². The van der Waals surface area contributed by atoms with Crippen LogP contribution in [0.15, 0.2) is 30.5 Å². The quantitative estimate of drug-likeness (QED) is 0.760. The summed E-state index contributed by atoms with van der Waals surface area (Å²) in [5.41, 5.74) is 2.15. The zero-order chi connectivity index (χ0) is 17.5. The Morgan fingerprint density at radius 2 is 2.08 bits per heavy atom. The van der Waals surface area contributed by atoms with Gasteiger partial charge in [-0.3, -0.25) is 9.89 Å². The van der Waals surface area contributed by atoms with E-state index in [1.165, 1.54) is 12.8 Å². The summed E-state index contributed by atoms with van der Waals surface area (Å²) in [6.07, 6.45) is 6.90. The molecule has 1 aliphatic heterocycles. The van der Waals surface area contributed by atoms with Crippen LogP contribution in [0.3, 0.4) is 0 Å². The highest BCUT2D eigenvalue weighted by atomic mass is 16.2. The lowest BCUT2D eigenvalue weighted by molar-refractivity contribution is -0.131. The average molecular weight is 349 g/mol. The van der Waals surface area contributed by atoms with E-state index in [1.54, 1.807) is 0 Å². The molecule has 0 spiro atoms. The first-order chi connectivity index (χ1) is 12.8. The van der Waals surface area contributed by atoms with E-state index in [-0.39, 0.29) is 11.8 Å². The van der Waals surface area contributed by atoms with E-state index in [0.29, 0.717) is 12.3 Å². The van der Waals surface area contributed by atoms with E-state index in [2.05, 4.69) is 21.2 Å². The van der Waals surface area contributed by atoms with Gasteiger partial charge in [0.2, 0.25) is 5.91 Å². The third kappa shape index (κ3) is 2.89. The summed E-state index contributed by atoms with van der Waals surface area (Å²) in [5.74, 6) is 2.94. The van der Waals surface area contributed by atoms with Gasteiger partial charge in [-0.1, -0.05) is 18.2 Å². The highest BCUT2D eigenvalue weighted by Crippen LogP contribution is 2.38. The fourth-order valence-corrected chi connectivity index (χ4v) is 3.98. The van der Waals surface area contributed by atoms with Crippen LogP contribution in [0.25, 0.3) is 10.9 Å². The lowest BCUT2D eigenvalue weighted by Gasteiger charge is -2.31. The van der Waals surface area contributed by atoms with Gasteiger partial charge in [0.1, 0.15) is 5.82 Å². The molecule has 3 heterocycles. The second kappa shape index (κ2) is 6.27. The van der Waals surface area contributed by atoms with Crippen molar-refractivity contribution in [2.45, 2.75) is 43.9 Å². The molecule has 2 aliphatic rings. The van der Waals surface area contributed by atoms with Gasteiger partial charge in [0, 0.05) is 42.0 Å². The van der Waals surface area contributed by atoms with E-state index < -0.39 is 0 Å². The molecule has 6 nitrogen and oxygen atoms in total. The molecule has 0 bridgehead atoms. The van der Waals surface area contributed by atoms with Crippen molar-refractivity contribution in [3.8, 4) is 0 Å². The monoisotopic (exact) mass is 349 g/mol. The summed E-state index contributed by atoms with van der Waals surface area (Å²) >= 11 is 0. The number of amides is 1. The summed E-state index contributed by atoms with van der Waals surface area (Å²) < 4.78 is 0. The van der Waals surface area contributed by atoms with Crippen molar-refractivity contribution < 1.29 is 4.79 Å². The molecule has 1 saturated carbocycles. The molecule has 2 aromatic heterocycles. The number of benzene rings is 1. The number of carbonyl (C=O) groups excluding carboxylic acids is 1. The number of rotatable bonds is 4. The van der Waals surface area contributed by atoms with E-state index in [1.807, 2.05) is 29.3 Å². The molecule has 3 aromatic rings. The van der Waals surface area contributed by atoms with Gasteiger partial charge in [-0.05, 0) is 37.3 Å². The smallest absolute Gasteiger partial charge is 0.227 e. The minimum Gasteiger partial charge on any atom is -0.361 e. The van der Waals surface area contributed by atoms with Crippen LogP contribution in [0.1, 0.15) is 54.7 Å². The van der Waals surface area contributed by atoms with Crippen LogP contribution >= 0.6 is 0 Å². The molecule has 134 valence electrons.